The van der Waals surface area contributed by atoms with E-state index in [0.717, 1.165) is 54.8 Å². The molecule has 1 aromatic carbocycles. The van der Waals surface area contributed by atoms with Gasteiger partial charge in [0.1, 0.15) is 17.4 Å². The Bertz CT molecular complexity index is 1110. The third-order valence-electron chi connectivity index (χ3n) is 6.42. The van der Waals surface area contributed by atoms with Gasteiger partial charge in [-0.25, -0.2) is 4.98 Å². The highest BCUT2D eigenvalue weighted by Crippen LogP contribution is 2.23. The first-order valence-corrected chi connectivity index (χ1v) is 15.5. The van der Waals surface area contributed by atoms with Crippen LogP contribution in [-0.4, -0.2) is 28.5 Å². The van der Waals surface area contributed by atoms with E-state index < -0.39 is 0 Å². The molecule has 0 aliphatic carbocycles. The average Bonchev–Trinajstić information content (AvgIpc) is 3.42. The Morgan fingerprint density at radius 3 is 2.34 bits per heavy atom. The molecule has 41 heavy (non-hydrogen) atoms. The number of rotatable bonds is 13. The third-order valence-corrected chi connectivity index (χ3v) is 6.42. The number of unbranched alkanes of at least 4 members (excludes halogenated alkanes) is 1. The lowest BCUT2D eigenvalue weighted by Crippen LogP contribution is -2.16. The molecule has 0 radical (unpaired) electrons. The lowest BCUT2D eigenvalue weighted by molar-refractivity contribution is -0.121. The van der Waals surface area contributed by atoms with E-state index in [4.69, 9.17) is 4.74 Å². The molecule has 0 saturated heterocycles. The van der Waals surface area contributed by atoms with Crippen molar-refractivity contribution in [2.75, 3.05) is 18.5 Å². The fraction of sp³-hybridized carbons (Fsp3) is 0.500. The number of fused-ring (bicyclic) bond motifs is 1. The molecule has 2 heterocycles. The summed E-state index contributed by atoms with van der Waals surface area (Å²) >= 11 is 0. The van der Waals surface area contributed by atoms with Crippen LogP contribution in [0, 0.1) is 5.92 Å². The highest BCUT2D eigenvalue weighted by atomic mass is 16.5. The van der Waals surface area contributed by atoms with Crippen LogP contribution < -0.4 is 10.1 Å². The number of nitrogens with one attached hydrogen (secondary N) is 1. The van der Waals surface area contributed by atoms with E-state index in [0.29, 0.717) is 6.61 Å². The van der Waals surface area contributed by atoms with Gasteiger partial charge in [0.25, 0.3) is 0 Å². The van der Waals surface area contributed by atoms with Crippen molar-refractivity contribution in [3.8, 4) is 5.75 Å². The number of hydrogen-bond acceptors (Lipinski definition) is 4. The highest BCUT2D eigenvalue weighted by Gasteiger charge is 2.13. The lowest BCUT2D eigenvalue weighted by atomic mass is 10.0. The molecule has 3 rings (SSSR count). The van der Waals surface area contributed by atoms with Gasteiger partial charge in [-0.3, -0.25) is 4.79 Å². The topological polar surface area (TPSA) is 56.1 Å². The van der Waals surface area contributed by atoms with Crippen molar-refractivity contribution in [1.29, 1.82) is 0 Å². The minimum Gasteiger partial charge on any atom is -0.494 e. The zero-order valence-corrected chi connectivity index (χ0v) is 27.4. The van der Waals surface area contributed by atoms with Crippen LogP contribution in [0.15, 0.2) is 78.7 Å². The van der Waals surface area contributed by atoms with Crippen molar-refractivity contribution in [2.24, 2.45) is 5.92 Å². The van der Waals surface area contributed by atoms with Gasteiger partial charge in [0.05, 0.1) is 6.61 Å². The average molecular weight is 564 g/mol. The van der Waals surface area contributed by atoms with Crippen LogP contribution in [0.2, 0.25) is 0 Å². The largest absolute Gasteiger partial charge is 0.494 e. The van der Waals surface area contributed by atoms with E-state index in [1.165, 1.54) is 18.4 Å². The molecule has 0 spiro atoms. The number of carbonyl (C=O) groups is 1. The summed E-state index contributed by atoms with van der Waals surface area (Å²) in [5.41, 5.74) is 2.57. The van der Waals surface area contributed by atoms with Crippen molar-refractivity contribution in [3.63, 3.8) is 0 Å². The van der Waals surface area contributed by atoms with E-state index in [1.54, 1.807) is 13.1 Å². The number of anilines is 1. The molecular formula is C36H57N3O2. The maximum atomic E-state index is 11.7. The molecule has 3 aromatic rings. The number of pyridine rings is 1. The van der Waals surface area contributed by atoms with Crippen LogP contribution in [0.25, 0.3) is 10.9 Å². The zero-order chi connectivity index (χ0) is 30.9. The van der Waals surface area contributed by atoms with Gasteiger partial charge in [-0.15, -0.1) is 0 Å². The molecule has 0 amide bonds. The summed E-state index contributed by atoms with van der Waals surface area (Å²) < 4.78 is 8.04. The predicted molar refractivity (Wildman–Crippen MR) is 180 cm³/mol. The summed E-state index contributed by atoms with van der Waals surface area (Å²) in [6, 6.07) is 14.0. The second-order valence-electron chi connectivity index (χ2n) is 9.64. The second-order valence-corrected chi connectivity index (χ2v) is 9.64. The summed E-state index contributed by atoms with van der Waals surface area (Å²) in [7, 11) is 0. The molecule has 1 atom stereocenters. The number of ether oxygens (including phenoxy) is 1. The Kier molecular flexibility index (Phi) is 22.5. The molecule has 0 aliphatic heterocycles. The van der Waals surface area contributed by atoms with Crippen LogP contribution in [0.3, 0.4) is 0 Å². The van der Waals surface area contributed by atoms with E-state index in [2.05, 4.69) is 86.0 Å². The van der Waals surface area contributed by atoms with Gasteiger partial charge in [0.15, 0.2) is 0 Å². The molecule has 5 heteroatoms. The molecule has 0 aliphatic rings. The zero-order valence-electron chi connectivity index (χ0n) is 27.4. The van der Waals surface area contributed by atoms with Gasteiger partial charge in [0.2, 0.25) is 0 Å². The maximum absolute atomic E-state index is 11.7. The minimum atomic E-state index is 0.0723. The Balaban J connectivity index is 0.000000956. The SMILES string of the molecule is C/C=C\C=C(\C)CC.CC.CCC(Cn1ccc2cc(OCCCNc3ccccn3)ccc21)C(C)=O.CCCC. The third kappa shape index (κ3) is 16.5. The summed E-state index contributed by atoms with van der Waals surface area (Å²) in [5.74, 6) is 2.08. The monoisotopic (exact) mass is 563 g/mol. The number of aromatic nitrogens is 2. The molecule has 1 N–H and O–H groups in total. The van der Waals surface area contributed by atoms with Gasteiger partial charge < -0.3 is 14.6 Å². The first kappa shape index (κ1) is 37.7. The number of ketones is 1. The molecular weight excluding hydrogens is 506 g/mol. The van der Waals surface area contributed by atoms with Gasteiger partial charge >= 0.3 is 0 Å². The first-order valence-electron chi connectivity index (χ1n) is 15.5. The van der Waals surface area contributed by atoms with Crippen LogP contribution in [0.1, 0.15) is 94.4 Å². The summed E-state index contributed by atoms with van der Waals surface area (Å²) in [6.45, 7) is 20.6. The van der Waals surface area contributed by atoms with Crippen molar-refractivity contribution in [2.45, 2.75) is 101 Å². The maximum Gasteiger partial charge on any atom is 0.134 e. The van der Waals surface area contributed by atoms with E-state index >= 15 is 0 Å². The number of hydrogen-bond donors (Lipinski definition) is 1. The quantitative estimate of drug-likeness (QED) is 0.166. The second kappa shape index (κ2) is 24.5. The van der Waals surface area contributed by atoms with Crippen LogP contribution in [0.4, 0.5) is 5.82 Å². The van der Waals surface area contributed by atoms with Crippen LogP contribution in [-0.2, 0) is 11.3 Å². The molecule has 228 valence electrons. The van der Waals surface area contributed by atoms with Gasteiger partial charge in [-0.2, -0.15) is 0 Å². The van der Waals surface area contributed by atoms with Crippen LogP contribution in [0.5, 0.6) is 5.75 Å². The molecule has 0 saturated carbocycles. The Morgan fingerprint density at radius 1 is 1.05 bits per heavy atom. The Labute approximate surface area is 251 Å². The standard InChI is InChI=1S/C22H27N3O2.C8H14.C4H10.C2H6/c1-3-18(17(2)26)16-25-13-10-19-15-20(8-9-21(19)25)27-14-6-12-24-22-7-4-5-11-23-22;1-4-6-7-8(3)5-2;1-3-4-2;1-2/h4-5,7-11,13,15,18H,3,6,12,14,16H2,1-2H3,(H,23,24);4,6-7H,5H2,1-3H3;3-4H2,1-2H3;1-2H3/b;6-4-,8-7-;;. The van der Waals surface area contributed by atoms with Crippen LogP contribution >= 0.6 is 0 Å². The first-order chi connectivity index (χ1) is 19.9. The Morgan fingerprint density at radius 2 is 1.78 bits per heavy atom. The molecule has 1 unspecified atom stereocenters. The summed E-state index contributed by atoms with van der Waals surface area (Å²) in [4.78, 5) is 15.9. The minimum absolute atomic E-state index is 0.0723. The van der Waals surface area contributed by atoms with Crippen molar-refractivity contribution in [3.05, 3.63) is 78.7 Å². The number of allylic oxidation sites excluding steroid dienone is 4. The predicted octanol–water partition coefficient (Wildman–Crippen LogP) is 10.3. The fourth-order valence-electron chi connectivity index (χ4n) is 3.53. The van der Waals surface area contributed by atoms with Crippen molar-refractivity contribution >= 4 is 22.5 Å². The molecule has 2 aromatic heterocycles. The summed E-state index contributed by atoms with van der Waals surface area (Å²) in [6.07, 6.45) is 15.6. The molecule has 5 nitrogen and oxygen atoms in total. The number of benzene rings is 1. The smallest absolute Gasteiger partial charge is 0.134 e. The van der Waals surface area contributed by atoms with E-state index in [-0.39, 0.29) is 11.7 Å². The number of nitrogens with zero attached hydrogens (tertiary/aromatic N) is 2. The van der Waals surface area contributed by atoms with Crippen molar-refractivity contribution in [1.82, 2.24) is 9.55 Å². The molecule has 0 bridgehead atoms. The van der Waals surface area contributed by atoms with Gasteiger partial charge in [-0.05, 0) is 76.4 Å². The lowest BCUT2D eigenvalue weighted by Gasteiger charge is -2.13. The summed E-state index contributed by atoms with van der Waals surface area (Å²) in [5, 5.41) is 4.41. The Hall–Kier alpha value is -3.34. The highest BCUT2D eigenvalue weighted by molar-refractivity contribution is 5.82. The normalized spacial score (nSPS) is 11.4. The number of Topliss-reactive ketones (excluding diaryl/α,β-unsaturated/α-hetero) is 1. The fourth-order valence-corrected chi connectivity index (χ4v) is 3.53. The molecule has 0 fully saturated rings. The van der Waals surface area contributed by atoms with E-state index in [9.17, 15) is 4.79 Å². The number of carbonyl (C=O) groups excluding carboxylic acids is 1. The van der Waals surface area contributed by atoms with Crippen molar-refractivity contribution < 1.29 is 9.53 Å². The van der Waals surface area contributed by atoms with Gasteiger partial charge in [0, 0.05) is 42.3 Å². The van der Waals surface area contributed by atoms with E-state index in [1.807, 2.05) is 51.1 Å². The van der Waals surface area contributed by atoms with Gasteiger partial charge in [-0.1, -0.05) is 84.3 Å².